The van der Waals surface area contributed by atoms with Gasteiger partial charge in [-0.1, -0.05) is 6.92 Å². The first kappa shape index (κ1) is 15.8. The highest BCUT2D eigenvalue weighted by atomic mass is 79.9. The van der Waals surface area contributed by atoms with Gasteiger partial charge in [-0.2, -0.15) is 0 Å². The van der Waals surface area contributed by atoms with Crippen LogP contribution < -0.4 is 11.4 Å². The van der Waals surface area contributed by atoms with Crippen LogP contribution in [0.15, 0.2) is 31.5 Å². The number of nitrogens with two attached hydrogens (primary N) is 1. The highest BCUT2D eigenvalue weighted by Gasteiger charge is 2.17. The van der Waals surface area contributed by atoms with Gasteiger partial charge in [0.05, 0.1) is 9.37 Å². The van der Waals surface area contributed by atoms with E-state index in [9.17, 15) is 9.18 Å². The van der Waals surface area contributed by atoms with E-state index in [1.54, 1.807) is 6.07 Å². The number of amidine groups is 1. The number of rotatable bonds is 5. The number of nitrogens with zero attached hydrogens (tertiary/aromatic N) is 2. The van der Waals surface area contributed by atoms with Crippen LogP contribution in [0.5, 0.6) is 0 Å². The van der Waals surface area contributed by atoms with Crippen molar-refractivity contribution in [1.82, 2.24) is 14.8 Å². The van der Waals surface area contributed by atoms with Crippen LogP contribution in [0, 0.1) is 11.2 Å². The highest BCUT2D eigenvalue weighted by Crippen LogP contribution is 2.33. The molecular weight excluding hydrogens is 361 g/mol. The van der Waals surface area contributed by atoms with Gasteiger partial charge in [-0.05, 0) is 46.2 Å². The summed E-state index contributed by atoms with van der Waals surface area (Å²) >= 11 is 4.13. The van der Waals surface area contributed by atoms with Crippen molar-refractivity contribution >= 4 is 33.5 Å². The normalized spacial score (nSPS) is 10.8. The fourth-order valence-corrected chi connectivity index (χ4v) is 3.31. The van der Waals surface area contributed by atoms with E-state index in [0.29, 0.717) is 16.6 Å². The Hall–Kier alpha value is -1.61. The molecule has 0 saturated heterocycles. The van der Waals surface area contributed by atoms with Crippen molar-refractivity contribution in [1.29, 1.82) is 5.41 Å². The van der Waals surface area contributed by atoms with Gasteiger partial charge >= 0.3 is 5.69 Å². The molecule has 9 heteroatoms. The summed E-state index contributed by atoms with van der Waals surface area (Å²) in [6, 6.07) is 3.06. The molecule has 4 N–H and O–H groups in total. The predicted octanol–water partition coefficient (Wildman–Crippen LogP) is 2.32. The van der Waals surface area contributed by atoms with Crippen molar-refractivity contribution < 1.29 is 4.39 Å². The Bertz CT molecular complexity index is 742. The molecule has 0 fully saturated rings. The van der Waals surface area contributed by atoms with Crippen molar-refractivity contribution in [2.24, 2.45) is 5.73 Å². The second-order valence-corrected chi connectivity index (χ2v) is 6.02. The third kappa shape index (κ3) is 3.18. The number of nitrogens with one attached hydrogen (secondary N) is 2. The quantitative estimate of drug-likeness (QED) is 0.552. The minimum atomic E-state index is -0.536. The molecule has 0 amide bonds. The first-order valence-corrected chi connectivity index (χ1v) is 7.72. The van der Waals surface area contributed by atoms with E-state index in [4.69, 9.17) is 11.1 Å². The molecule has 0 aliphatic carbocycles. The molecule has 0 aliphatic rings. The lowest BCUT2D eigenvalue weighted by molar-refractivity contribution is 0.588. The molecule has 6 nitrogen and oxygen atoms in total. The summed E-state index contributed by atoms with van der Waals surface area (Å²) in [5, 5.41) is 14.0. The Morgan fingerprint density at radius 3 is 2.95 bits per heavy atom. The van der Waals surface area contributed by atoms with Crippen LogP contribution >= 0.6 is 27.7 Å². The van der Waals surface area contributed by atoms with Crippen molar-refractivity contribution in [3.63, 3.8) is 0 Å². The lowest BCUT2D eigenvalue weighted by Crippen LogP contribution is -2.17. The maximum Gasteiger partial charge on any atom is 0.343 e. The lowest BCUT2D eigenvalue weighted by Gasteiger charge is -2.08. The number of nitrogen functional groups attached to an aromatic ring is 1. The third-order valence-corrected chi connectivity index (χ3v) is 4.51. The molecule has 21 heavy (non-hydrogen) atoms. The fourth-order valence-electron chi connectivity index (χ4n) is 1.72. The number of aromatic nitrogens is 3. The summed E-state index contributed by atoms with van der Waals surface area (Å²) in [7, 11) is 0. The predicted molar refractivity (Wildman–Crippen MR) is 82.4 cm³/mol. The average molecular weight is 374 g/mol. The Morgan fingerprint density at radius 2 is 2.33 bits per heavy atom. The summed E-state index contributed by atoms with van der Waals surface area (Å²) in [6.45, 7) is 2.44. The van der Waals surface area contributed by atoms with E-state index in [0.717, 1.165) is 18.2 Å². The molecule has 0 saturated carbocycles. The number of benzene rings is 1. The van der Waals surface area contributed by atoms with E-state index in [1.165, 1.54) is 10.6 Å². The van der Waals surface area contributed by atoms with Gasteiger partial charge in [-0.25, -0.2) is 14.3 Å². The van der Waals surface area contributed by atoms with Gasteiger partial charge < -0.3 is 5.73 Å². The monoisotopic (exact) mass is 373 g/mol. The largest absolute Gasteiger partial charge is 0.384 e. The van der Waals surface area contributed by atoms with Crippen molar-refractivity contribution in [2.75, 3.05) is 0 Å². The van der Waals surface area contributed by atoms with Crippen LogP contribution in [-0.4, -0.2) is 20.6 Å². The summed E-state index contributed by atoms with van der Waals surface area (Å²) < 4.78 is 15.9. The van der Waals surface area contributed by atoms with Gasteiger partial charge in [0.1, 0.15) is 5.84 Å². The molecule has 1 aromatic heterocycles. The molecule has 0 radical (unpaired) electrons. The Balaban J connectivity index is 2.39. The Morgan fingerprint density at radius 1 is 1.62 bits per heavy atom. The van der Waals surface area contributed by atoms with Crippen molar-refractivity contribution in [2.45, 2.75) is 29.9 Å². The van der Waals surface area contributed by atoms with E-state index < -0.39 is 5.82 Å². The van der Waals surface area contributed by atoms with Crippen LogP contribution in [0.3, 0.4) is 0 Å². The number of H-pyrrole nitrogens is 1. The first-order valence-electron chi connectivity index (χ1n) is 6.11. The minimum Gasteiger partial charge on any atom is -0.384 e. The molecule has 0 bridgehead atoms. The molecule has 1 heterocycles. The topological polar surface area (TPSA) is 101 Å². The van der Waals surface area contributed by atoms with Gasteiger partial charge in [-0.3, -0.25) is 9.98 Å². The van der Waals surface area contributed by atoms with Gasteiger partial charge in [0.25, 0.3) is 0 Å². The van der Waals surface area contributed by atoms with Crippen molar-refractivity contribution in [3.8, 4) is 0 Å². The number of aromatic amines is 1. The third-order valence-electron chi connectivity index (χ3n) is 2.71. The lowest BCUT2D eigenvalue weighted by atomic mass is 10.2. The summed E-state index contributed by atoms with van der Waals surface area (Å²) in [5.41, 5.74) is 5.33. The molecule has 112 valence electrons. The molecule has 0 spiro atoms. The van der Waals surface area contributed by atoms with Gasteiger partial charge in [0, 0.05) is 12.1 Å². The summed E-state index contributed by atoms with van der Waals surface area (Å²) in [5.74, 6) is -0.758. The molecule has 0 unspecified atom stereocenters. The van der Waals surface area contributed by atoms with Crippen LogP contribution in [0.2, 0.25) is 0 Å². The maximum atomic E-state index is 14.3. The van der Waals surface area contributed by atoms with Crippen LogP contribution in [0.4, 0.5) is 4.39 Å². The second kappa shape index (κ2) is 6.44. The van der Waals surface area contributed by atoms with E-state index in [-0.39, 0.29) is 21.6 Å². The Labute approximate surface area is 132 Å². The SMILES string of the molecule is CCCn1c(Sc2ccc(C(=N)N)c(Br)c2F)n[nH]c1=O. The van der Waals surface area contributed by atoms with Crippen LogP contribution in [0.25, 0.3) is 0 Å². The van der Waals surface area contributed by atoms with E-state index >= 15 is 0 Å². The molecule has 1 aromatic carbocycles. The first-order chi connectivity index (χ1) is 9.95. The molecule has 2 rings (SSSR count). The second-order valence-electron chi connectivity index (χ2n) is 4.22. The average Bonchev–Trinajstić information content (AvgIpc) is 2.77. The molecule has 0 atom stereocenters. The van der Waals surface area contributed by atoms with E-state index in [1.807, 2.05) is 6.92 Å². The van der Waals surface area contributed by atoms with Crippen LogP contribution in [-0.2, 0) is 6.54 Å². The molecule has 2 aromatic rings. The summed E-state index contributed by atoms with van der Waals surface area (Å²) in [4.78, 5) is 11.9. The minimum absolute atomic E-state index is 0.125. The van der Waals surface area contributed by atoms with E-state index in [2.05, 4.69) is 26.1 Å². The zero-order valence-electron chi connectivity index (χ0n) is 11.1. The van der Waals surface area contributed by atoms with Crippen LogP contribution in [0.1, 0.15) is 18.9 Å². The van der Waals surface area contributed by atoms with Gasteiger partial charge in [0.2, 0.25) is 0 Å². The smallest absolute Gasteiger partial charge is 0.343 e. The highest BCUT2D eigenvalue weighted by molar-refractivity contribution is 9.10. The molecule has 0 aliphatic heterocycles. The number of hydrogen-bond acceptors (Lipinski definition) is 4. The molecular formula is C12H13BrFN5OS. The van der Waals surface area contributed by atoms with Crippen molar-refractivity contribution in [3.05, 3.63) is 38.5 Å². The van der Waals surface area contributed by atoms with Gasteiger partial charge in [0.15, 0.2) is 11.0 Å². The summed E-state index contributed by atoms with van der Waals surface area (Å²) in [6.07, 6.45) is 0.766. The Kier molecular flexibility index (Phi) is 4.84. The number of halogens is 2. The number of hydrogen-bond donors (Lipinski definition) is 3. The zero-order valence-corrected chi connectivity index (χ0v) is 13.5. The standard InChI is InChI=1S/C12H13BrFN5OS/c1-2-5-19-11(20)17-18-12(19)21-7-4-3-6(10(15)16)8(13)9(7)14/h3-4H,2,5H2,1H3,(H3,15,16)(H,17,20). The zero-order chi connectivity index (χ0) is 15.6. The fraction of sp³-hybridized carbons (Fsp3) is 0.250. The van der Waals surface area contributed by atoms with Gasteiger partial charge in [-0.15, -0.1) is 5.10 Å². The maximum absolute atomic E-state index is 14.3.